The summed E-state index contributed by atoms with van der Waals surface area (Å²) in [4.78, 5) is 6.74. The van der Waals surface area contributed by atoms with Gasteiger partial charge in [-0.2, -0.15) is 0 Å². The van der Waals surface area contributed by atoms with Crippen molar-refractivity contribution in [1.29, 1.82) is 0 Å². The molecule has 0 aromatic carbocycles. The van der Waals surface area contributed by atoms with Gasteiger partial charge in [0.15, 0.2) is 0 Å². The molecule has 5 nitrogen and oxygen atoms in total. The van der Waals surface area contributed by atoms with Gasteiger partial charge in [-0.05, 0) is 12.1 Å². The Labute approximate surface area is 113 Å². The molecule has 5 heteroatoms. The Bertz CT molecular complexity index is 545. The standard InChI is InChI=1S/C14H20N4O/c1-2-11-3-4-13(19-11)12(9-15)18-8-7-17-6-5-16-14(17)10-18/h3-6,12H,2,7-10,15H2,1H3. The van der Waals surface area contributed by atoms with Crippen molar-refractivity contribution in [1.82, 2.24) is 14.5 Å². The van der Waals surface area contributed by atoms with E-state index in [0.717, 1.165) is 43.4 Å². The number of nitrogens with two attached hydrogens (primary N) is 1. The molecule has 102 valence electrons. The largest absolute Gasteiger partial charge is 0.464 e. The highest BCUT2D eigenvalue weighted by Crippen LogP contribution is 2.25. The van der Waals surface area contributed by atoms with E-state index in [4.69, 9.17) is 10.2 Å². The van der Waals surface area contributed by atoms with E-state index in [2.05, 4.69) is 27.4 Å². The molecule has 1 atom stereocenters. The highest BCUT2D eigenvalue weighted by Gasteiger charge is 2.26. The molecule has 0 aliphatic carbocycles. The third-order valence-corrected chi connectivity index (χ3v) is 3.80. The first-order valence-electron chi connectivity index (χ1n) is 6.84. The number of nitrogens with zero attached hydrogens (tertiary/aromatic N) is 3. The summed E-state index contributed by atoms with van der Waals surface area (Å²) in [6, 6.07) is 4.24. The van der Waals surface area contributed by atoms with E-state index in [9.17, 15) is 0 Å². The van der Waals surface area contributed by atoms with E-state index < -0.39 is 0 Å². The summed E-state index contributed by atoms with van der Waals surface area (Å²) in [5.74, 6) is 3.10. The SMILES string of the molecule is CCc1ccc(C(CN)N2CCn3ccnc3C2)o1. The zero-order valence-electron chi connectivity index (χ0n) is 11.2. The number of hydrogen-bond acceptors (Lipinski definition) is 4. The number of hydrogen-bond donors (Lipinski definition) is 1. The van der Waals surface area contributed by atoms with Crippen LogP contribution in [0.2, 0.25) is 0 Å². The van der Waals surface area contributed by atoms with Crippen LogP contribution < -0.4 is 5.73 Å². The van der Waals surface area contributed by atoms with E-state index in [1.807, 2.05) is 18.5 Å². The zero-order valence-corrected chi connectivity index (χ0v) is 11.2. The molecule has 3 rings (SSSR count). The van der Waals surface area contributed by atoms with Gasteiger partial charge in [0.25, 0.3) is 0 Å². The summed E-state index contributed by atoms with van der Waals surface area (Å²) in [7, 11) is 0. The van der Waals surface area contributed by atoms with Gasteiger partial charge in [-0.15, -0.1) is 0 Å². The maximum atomic E-state index is 5.95. The molecule has 0 saturated carbocycles. The van der Waals surface area contributed by atoms with Crippen LogP contribution in [-0.4, -0.2) is 27.5 Å². The first kappa shape index (κ1) is 12.4. The van der Waals surface area contributed by atoms with E-state index in [0.29, 0.717) is 6.54 Å². The fourth-order valence-electron chi connectivity index (χ4n) is 2.67. The van der Waals surface area contributed by atoms with Crippen LogP contribution in [0.1, 0.15) is 30.3 Å². The Hall–Kier alpha value is -1.59. The quantitative estimate of drug-likeness (QED) is 0.906. The van der Waals surface area contributed by atoms with Crippen molar-refractivity contribution in [3.8, 4) is 0 Å². The van der Waals surface area contributed by atoms with Crippen molar-refractivity contribution in [2.75, 3.05) is 13.1 Å². The fraction of sp³-hybridized carbons (Fsp3) is 0.500. The number of aromatic nitrogens is 2. The van der Waals surface area contributed by atoms with Gasteiger partial charge >= 0.3 is 0 Å². The molecule has 0 fully saturated rings. The summed E-state index contributed by atoms with van der Waals surface area (Å²) in [6.07, 6.45) is 4.81. The Balaban J connectivity index is 1.80. The fourth-order valence-corrected chi connectivity index (χ4v) is 2.67. The minimum Gasteiger partial charge on any atom is -0.464 e. The summed E-state index contributed by atoms with van der Waals surface area (Å²) < 4.78 is 8.06. The van der Waals surface area contributed by atoms with Crippen molar-refractivity contribution >= 4 is 0 Å². The lowest BCUT2D eigenvalue weighted by atomic mass is 10.1. The third-order valence-electron chi connectivity index (χ3n) is 3.80. The summed E-state index contributed by atoms with van der Waals surface area (Å²) >= 11 is 0. The summed E-state index contributed by atoms with van der Waals surface area (Å²) in [5, 5.41) is 0. The van der Waals surface area contributed by atoms with Crippen LogP contribution in [0.15, 0.2) is 28.9 Å². The number of fused-ring (bicyclic) bond motifs is 1. The Morgan fingerprint density at radius 2 is 2.32 bits per heavy atom. The van der Waals surface area contributed by atoms with Crippen LogP contribution in [-0.2, 0) is 19.5 Å². The van der Waals surface area contributed by atoms with Gasteiger partial charge in [-0.3, -0.25) is 4.90 Å². The normalized spacial score (nSPS) is 17.4. The molecular weight excluding hydrogens is 240 g/mol. The smallest absolute Gasteiger partial charge is 0.122 e. The highest BCUT2D eigenvalue weighted by molar-refractivity contribution is 5.12. The van der Waals surface area contributed by atoms with Gasteiger partial charge in [0.05, 0.1) is 12.6 Å². The van der Waals surface area contributed by atoms with Crippen LogP contribution in [0.25, 0.3) is 0 Å². The molecule has 0 spiro atoms. The van der Waals surface area contributed by atoms with Gasteiger partial charge in [-0.1, -0.05) is 6.92 Å². The number of imidazole rings is 1. The zero-order chi connectivity index (χ0) is 13.2. The van der Waals surface area contributed by atoms with Crippen LogP contribution in [0.5, 0.6) is 0 Å². The van der Waals surface area contributed by atoms with Crippen LogP contribution >= 0.6 is 0 Å². The van der Waals surface area contributed by atoms with Gasteiger partial charge < -0.3 is 14.7 Å². The average molecular weight is 260 g/mol. The number of aryl methyl sites for hydroxylation is 1. The van der Waals surface area contributed by atoms with Crippen molar-refractivity contribution in [3.05, 3.63) is 41.9 Å². The molecule has 0 amide bonds. The molecule has 2 N–H and O–H groups in total. The second-order valence-corrected chi connectivity index (χ2v) is 4.92. The van der Waals surface area contributed by atoms with Crippen molar-refractivity contribution in [2.24, 2.45) is 5.73 Å². The van der Waals surface area contributed by atoms with Gasteiger partial charge in [-0.25, -0.2) is 4.98 Å². The Kier molecular flexibility index (Phi) is 3.40. The highest BCUT2D eigenvalue weighted by atomic mass is 16.3. The molecule has 1 aliphatic heterocycles. The van der Waals surface area contributed by atoms with Crippen molar-refractivity contribution in [3.63, 3.8) is 0 Å². The first-order chi connectivity index (χ1) is 9.31. The average Bonchev–Trinajstić information content (AvgIpc) is 3.07. The minimum atomic E-state index is 0.144. The monoisotopic (exact) mass is 260 g/mol. The molecule has 2 aromatic heterocycles. The summed E-state index contributed by atoms with van der Waals surface area (Å²) in [6.45, 7) is 5.44. The van der Waals surface area contributed by atoms with Crippen LogP contribution in [0.3, 0.4) is 0 Å². The van der Waals surface area contributed by atoms with E-state index in [1.54, 1.807) is 0 Å². The third kappa shape index (κ3) is 2.31. The molecule has 0 saturated heterocycles. The molecule has 1 aliphatic rings. The molecule has 0 bridgehead atoms. The Morgan fingerprint density at radius 3 is 3.05 bits per heavy atom. The van der Waals surface area contributed by atoms with E-state index in [-0.39, 0.29) is 6.04 Å². The number of furan rings is 1. The number of rotatable bonds is 4. The molecule has 3 heterocycles. The summed E-state index contributed by atoms with van der Waals surface area (Å²) in [5.41, 5.74) is 5.95. The predicted molar refractivity (Wildman–Crippen MR) is 72.5 cm³/mol. The van der Waals surface area contributed by atoms with Crippen molar-refractivity contribution in [2.45, 2.75) is 32.5 Å². The Morgan fingerprint density at radius 1 is 1.42 bits per heavy atom. The van der Waals surface area contributed by atoms with E-state index >= 15 is 0 Å². The lowest BCUT2D eigenvalue weighted by molar-refractivity contribution is 0.138. The lowest BCUT2D eigenvalue weighted by Gasteiger charge is -2.33. The van der Waals surface area contributed by atoms with Crippen LogP contribution in [0, 0.1) is 0 Å². The predicted octanol–water partition coefficient (Wildman–Crippen LogP) is 1.55. The van der Waals surface area contributed by atoms with Gasteiger partial charge in [0.2, 0.25) is 0 Å². The molecular formula is C14H20N4O. The molecule has 0 radical (unpaired) electrons. The topological polar surface area (TPSA) is 60.2 Å². The lowest BCUT2D eigenvalue weighted by Crippen LogP contribution is -2.39. The molecule has 1 unspecified atom stereocenters. The second-order valence-electron chi connectivity index (χ2n) is 4.92. The maximum Gasteiger partial charge on any atom is 0.122 e. The van der Waals surface area contributed by atoms with Gasteiger partial charge in [0.1, 0.15) is 17.3 Å². The minimum absolute atomic E-state index is 0.144. The maximum absolute atomic E-state index is 5.95. The van der Waals surface area contributed by atoms with Crippen molar-refractivity contribution < 1.29 is 4.42 Å². The van der Waals surface area contributed by atoms with Crippen LogP contribution in [0.4, 0.5) is 0 Å². The first-order valence-corrected chi connectivity index (χ1v) is 6.84. The molecule has 19 heavy (non-hydrogen) atoms. The second kappa shape index (κ2) is 5.19. The van der Waals surface area contributed by atoms with Gasteiger partial charge in [0, 0.05) is 38.4 Å². The van der Waals surface area contributed by atoms with E-state index in [1.165, 1.54) is 0 Å². The molecule has 2 aromatic rings.